The molecule has 2 aliphatic heterocycles. The first-order chi connectivity index (χ1) is 45.4. The van der Waals surface area contributed by atoms with E-state index in [2.05, 4.69) is 301 Å². The summed E-state index contributed by atoms with van der Waals surface area (Å²) >= 11 is 3.64. The maximum atomic E-state index is 4.77. The summed E-state index contributed by atoms with van der Waals surface area (Å²) in [6.07, 6.45) is 3.80. The average molecular weight is 1240 g/mol. The van der Waals surface area contributed by atoms with Gasteiger partial charge in [0.2, 0.25) is 0 Å². The van der Waals surface area contributed by atoms with Gasteiger partial charge >= 0.3 is 0 Å². The van der Waals surface area contributed by atoms with Gasteiger partial charge in [-0.1, -0.05) is 207 Å². The van der Waals surface area contributed by atoms with Crippen LogP contribution in [0.3, 0.4) is 0 Å². The smallest absolute Gasteiger partial charge is 0.180 e. The van der Waals surface area contributed by atoms with E-state index in [9.17, 15) is 0 Å². The van der Waals surface area contributed by atoms with E-state index < -0.39 is 16.1 Å². The van der Waals surface area contributed by atoms with Crippen molar-refractivity contribution in [1.82, 2.24) is 19.1 Å². The minimum absolute atomic E-state index is 1.09. The van der Waals surface area contributed by atoms with Gasteiger partial charge in [-0.15, -0.1) is 22.7 Å². The van der Waals surface area contributed by atoms with Crippen molar-refractivity contribution < 1.29 is 0 Å². The quantitative estimate of drug-likeness (QED) is 0.156. The summed E-state index contributed by atoms with van der Waals surface area (Å²) in [4.78, 5) is 9.47. The second kappa shape index (κ2) is 20.5. The van der Waals surface area contributed by atoms with Crippen molar-refractivity contribution in [2.24, 2.45) is 0 Å². The first-order valence-corrected chi connectivity index (χ1v) is 38.2. The van der Waals surface area contributed by atoms with Gasteiger partial charge in [0.05, 0.1) is 42.5 Å². The molecule has 12 aromatic carbocycles. The van der Waals surface area contributed by atoms with Crippen LogP contribution in [-0.4, -0.2) is 35.2 Å². The van der Waals surface area contributed by atoms with Crippen LogP contribution in [-0.2, 0) is 0 Å². The standard InChI is InChI=1S/C47H30N2SSi.C37H26N2SSi/c1-3-12-34(13-4-1)51(35-14-5-2-6-15-35)45-29-32(31-22-26-43-40(28-31)47-44(50-43)20-11-27-48-47)21-24-38(45)39-25-23-33(30-46(39)51)49-41-18-9-7-16-36(41)37-17-8-10-19-42(37)49;1-41(2)35-21-24(23-14-18-33-30(20-23)37-34(40-33)12-7-19-38-37)13-16-28(35)29-17-15-25(22-36(29)41)39-31-10-5-3-8-26(31)27-9-4-6-11-32(27)39/h1-30H;3-22H,1-2H3. The predicted molar refractivity (Wildman–Crippen MR) is 399 cm³/mol. The molecule has 0 fully saturated rings. The first kappa shape index (κ1) is 53.3. The Bertz CT molecular complexity index is 5930. The Balaban J connectivity index is 0.000000135. The van der Waals surface area contributed by atoms with Gasteiger partial charge in [-0.25, -0.2) is 0 Å². The molecule has 0 saturated heterocycles. The van der Waals surface area contributed by atoms with Gasteiger partial charge in [-0.3, -0.25) is 9.97 Å². The fraction of sp³-hybridized carbons (Fsp3) is 0.0238. The molecule has 8 heterocycles. The molecule has 4 nitrogen and oxygen atoms in total. The third-order valence-corrected chi connectivity index (χ3v) is 30.6. The SMILES string of the molecule is C[Si]1(C)c2cc(-c3ccc4sc5cccnc5c4c3)ccc2-c2ccc(-n3c4ccccc4c4ccccc43)cc21.c1ccc([Si]2(c3ccccc3)c3cc(-c4ccc5sc6cccnc6c5c4)ccc3-c3ccc(-n4c5ccccc5c5ccccc54)cc32)cc1. The Hall–Kier alpha value is -10.6. The number of pyridine rings is 2. The van der Waals surface area contributed by atoms with E-state index in [1.54, 1.807) is 0 Å². The van der Waals surface area contributed by atoms with Crippen molar-refractivity contribution in [3.8, 4) is 55.9 Å². The number of benzene rings is 12. The molecular weight excluding hydrogens is 1190 g/mol. The molecular formula is C84H56N4S2Si2. The van der Waals surface area contributed by atoms with E-state index in [1.807, 2.05) is 47.2 Å². The lowest BCUT2D eigenvalue weighted by Crippen LogP contribution is -2.72. The molecule has 0 radical (unpaired) electrons. The molecule has 0 aliphatic carbocycles. The van der Waals surface area contributed by atoms with Crippen LogP contribution in [0.2, 0.25) is 13.1 Å². The number of fused-ring (bicyclic) bond motifs is 18. The molecule has 0 atom stereocenters. The van der Waals surface area contributed by atoms with Crippen LogP contribution in [0.5, 0.6) is 0 Å². The zero-order valence-electron chi connectivity index (χ0n) is 50.5. The molecule has 8 heteroatoms. The molecule has 0 spiro atoms. The van der Waals surface area contributed by atoms with Gasteiger partial charge in [0.25, 0.3) is 0 Å². The third kappa shape index (κ3) is 7.85. The summed E-state index contributed by atoms with van der Waals surface area (Å²) in [6.45, 7) is 5.02. The van der Waals surface area contributed by atoms with Crippen LogP contribution >= 0.6 is 22.7 Å². The van der Waals surface area contributed by atoms with E-state index in [0.717, 1.165) is 11.0 Å². The summed E-state index contributed by atoms with van der Waals surface area (Å²) in [5.41, 5.74) is 20.1. The summed E-state index contributed by atoms with van der Waals surface area (Å²) in [5, 5.41) is 16.4. The van der Waals surface area contributed by atoms with Crippen molar-refractivity contribution >= 4 is 154 Å². The Morgan fingerprint density at radius 1 is 0.283 bits per heavy atom. The van der Waals surface area contributed by atoms with Crippen molar-refractivity contribution in [3.63, 3.8) is 0 Å². The summed E-state index contributed by atoms with van der Waals surface area (Å²) < 4.78 is 9.95. The van der Waals surface area contributed by atoms with Crippen LogP contribution in [0.15, 0.2) is 304 Å². The fourth-order valence-electron chi connectivity index (χ4n) is 15.8. The van der Waals surface area contributed by atoms with E-state index in [-0.39, 0.29) is 0 Å². The zero-order chi connectivity index (χ0) is 60.8. The number of rotatable bonds is 6. The zero-order valence-corrected chi connectivity index (χ0v) is 54.1. The fourth-order valence-corrected chi connectivity index (χ4v) is 26.2. The van der Waals surface area contributed by atoms with E-state index in [1.165, 1.54) is 160 Å². The molecule has 0 amide bonds. The lowest BCUT2D eigenvalue weighted by molar-refractivity contribution is 1.18. The summed E-state index contributed by atoms with van der Waals surface area (Å²) in [5.74, 6) is 0. The summed E-state index contributed by atoms with van der Waals surface area (Å²) in [6, 6.07) is 109. The second-order valence-electron chi connectivity index (χ2n) is 25.2. The molecule has 0 saturated carbocycles. The Kier molecular flexibility index (Phi) is 11.8. The van der Waals surface area contributed by atoms with Crippen molar-refractivity contribution in [2.45, 2.75) is 13.1 Å². The first-order valence-electron chi connectivity index (χ1n) is 31.6. The van der Waals surface area contributed by atoms with Gasteiger partial charge in [-0.05, 0) is 173 Å². The average Bonchev–Trinajstić information content (AvgIpc) is 1.52. The van der Waals surface area contributed by atoms with E-state index >= 15 is 0 Å². The molecule has 92 heavy (non-hydrogen) atoms. The highest BCUT2D eigenvalue weighted by Crippen LogP contribution is 2.42. The Morgan fingerprint density at radius 3 is 1.09 bits per heavy atom. The minimum atomic E-state index is -2.78. The van der Waals surface area contributed by atoms with Crippen molar-refractivity contribution in [1.29, 1.82) is 0 Å². The highest BCUT2D eigenvalue weighted by molar-refractivity contribution is 7.26. The second-order valence-corrected chi connectivity index (χ2v) is 35.4. The molecule has 18 aromatic rings. The lowest BCUT2D eigenvalue weighted by Gasteiger charge is -2.32. The number of thiophene rings is 2. The molecule has 0 unspecified atom stereocenters. The number of para-hydroxylation sites is 4. The minimum Gasteiger partial charge on any atom is -0.309 e. The van der Waals surface area contributed by atoms with Gasteiger partial charge in [0, 0.05) is 65.5 Å². The topological polar surface area (TPSA) is 35.6 Å². The van der Waals surface area contributed by atoms with Crippen LogP contribution in [0.1, 0.15) is 0 Å². The monoisotopic (exact) mass is 1240 g/mol. The van der Waals surface area contributed by atoms with Gasteiger partial charge in [-0.2, -0.15) is 0 Å². The highest BCUT2D eigenvalue weighted by Gasteiger charge is 2.49. The Labute approximate surface area is 541 Å². The molecule has 432 valence electrons. The van der Waals surface area contributed by atoms with Crippen molar-refractivity contribution in [3.05, 3.63) is 304 Å². The molecule has 0 N–H and O–H groups in total. The number of aromatic nitrogens is 4. The van der Waals surface area contributed by atoms with Crippen LogP contribution in [0, 0.1) is 0 Å². The van der Waals surface area contributed by atoms with Gasteiger partial charge in [0.1, 0.15) is 8.07 Å². The Morgan fingerprint density at radius 2 is 0.630 bits per heavy atom. The normalized spacial score (nSPS) is 13.5. The van der Waals surface area contributed by atoms with Crippen molar-refractivity contribution in [2.75, 3.05) is 0 Å². The molecule has 0 bridgehead atoms. The molecule has 6 aromatic heterocycles. The van der Waals surface area contributed by atoms with Gasteiger partial charge in [0.15, 0.2) is 8.07 Å². The van der Waals surface area contributed by atoms with Gasteiger partial charge < -0.3 is 9.13 Å². The predicted octanol–water partition coefficient (Wildman–Crippen LogP) is 18.6. The number of hydrogen-bond acceptors (Lipinski definition) is 4. The van der Waals surface area contributed by atoms with Crippen LogP contribution in [0.25, 0.3) is 140 Å². The van der Waals surface area contributed by atoms with Crippen LogP contribution < -0.4 is 31.1 Å². The maximum Gasteiger partial charge on any atom is 0.180 e. The molecule has 2 aliphatic rings. The van der Waals surface area contributed by atoms with Crippen LogP contribution in [0.4, 0.5) is 0 Å². The summed E-state index contributed by atoms with van der Waals surface area (Å²) in [7, 11) is -4.71. The van der Waals surface area contributed by atoms with E-state index in [0.29, 0.717) is 0 Å². The molecule has 20 rings (SSSR count). The number of hydrogen-bond donors (Lipinski definition) is 0. The highest BCUT2D eigenvalue weighted by atomic mass is 32.1. The maximum absolute atomic E-state index is 4.77. The van der Waals surface area contributed by atoms with E-state index in [4.69, 9.17) is 9.97 Å². The largest absolute Gasteiger partial charge is 0.309 e. The number of nitrogens with zero attached hydrogens (tertiary/aromatic N) is 4. The third-order valence-electron chi connectivity index (χ3n) is 20.0. The lowest BCUT2D eigenvalue weighted by atomic mass is 9.99.